The number of hydrogen-bond acceptors (Lipinski definition) is 3. The van der Waals surface area contributed by atoms with Gasteiger partial charge in [-0.05, 0) is 35.9 Å². The maximum atomic E-state index is 9.36. The quantitative estimate of drug-likeness (QED) is 0.684. The van der Waals surface area contributed by atoms with Crippen LogP contribution in [0.25, 0.3) is 10.9 Å². The van der Waals surface area contributed by atoms with E-state index in [1.165, 1.54) is 0 Å². The van der Waals surface area contributed by atoms with Crippen LogP contribution in [0.5, 0.6) is 5.75 Å². The number of rotatable bonds is 3. The van der Waals surface area contributed by atoms with Crippen LogP contribution < -0.4 is 5.32 Å². The van der Waals surface area contributed by atoms with Gasteiger partial charge in [0, 0.05) is 17.6 Å². The minimum Gasteiger partial charge on any atom is -0.506 e. The van der Waals surface area contributed by atoms with Crippen LogP contribution in [0.15, 0.2) is 42.6 Å². The van der Waals surface area contributed by atoms with Crippen molar-refractivity contribution in [2.24, 2.45) is 0 Å². The summed E-state index contributed by atoms with van der Waals surface area (Å²) in [4.78, 5) is 0. The summed E-state index contributed by atoms with van der Waals surface area (Å²) in [5.41, 5.74) is 3.03. The van der Waals surface area contributed by atoms with E-state index in [2.05, 4.69) is 15.5 Å². The molecule has 3 N–H and O–H groups in total. The maximum absolute atomic E-state index is 9.36. The Bertz CT molecular complexity index is 724. The molecule has 1 aromatic heterocycles. The molecule has 2 aromatic carbocycles. The van der Waals surface area contributed by atoms with Crippen LogP contribution in [0.1, 0.15) is 5.56 Å². The predicted octanol–water partition coefficient (Wildman–Crippen LogP) is 3.53. The first-order valence-corrected chi connectivity index (χ1v) is 6.24. The molecule has 0 aliphatic carbocycles. The zero-order valence-electron chi connectivity index (χ0n) is 10.0. The van der Waals surface area contributed by atoms with E-state index in [0.29, 0.717) is 11.6 Å². The predicted molar refractivity (Wildman–Crippen MR) is 76.5 cm³/mol. The summed E-state index contributed by atoms with van der Waals surface area (Å²) in [6.07, 6.45) is 1.79. The van der Waals surface area contributed by atoms with E-state index >= 15 is 0 Å². The molecule has 0 spiro atoms. The van der Waals surface area contributed by atoms with Gasteiger partial charge in [-0.1, -0.05) is 17.7 Å². The van der Waals surface area contributed by atoms with E-state index in [9.17, 15) is 5.11 Å². The number of anilines is 1. The molecular formula is C14H12ClN3O. The number of phenols is 1. The fourth-order valence-electron chi connectivity index (χ4n) is 1.92. The molecule has 96 valence electrons. The number of fused-ring (bicyclic) bond motifs is 1. The van der Waals surface area contributed by atoms with Gasteiger partial charge in [-0.25, -0.2) is 0 Å². The number of aromatic hydroxyl groups is 1. The van der Waals surface area contributed by atoms with Crippen LogP contribution in [0, 0.1) is 0 Å². The molecule has 5 heteroatoms. The normalized spacial score (nSPS) is 10.8. The Morgan fingerprint density at radius 3 is 2.95 bits per heavy atom. The zero-order valence-corrected chi connectivity index (χ0v) is 10.8. The van der Waals surface area contributed by atoms with Gasteiger partial charge >= 0.3 is 0 Å². The number of phenolic OH excluding ortho intramolecular Hbond substituents is 1. The summed E-state index contributed by atoms with van der Waals surface area (Å²) in [5.74, 6) is 0.102. The Hall–Kier alpha value is -2.20. The van der Waals surface area contributed by atoms with Gasteiger partial charge < -0.3 is 10.4 Å². The minimum atomic E-state index is 0.102. The van der Waals surface area contributed by atoms with Gasteiger partial charge in [0.2, 0.25) is 0 Å². The number of hydrogen-bond donors (Lipinski definition) is 3. The van der Waals surface area contributed by atoms with Gasteiger partial charge in [-0.15, -0.1) is 0 Å². The average molecular weight is 274 g/mol. The van der Waals surface area contributed by atoms with Crippen molar-refractivity contribution in [3.8, 4) is 5.75 Å². The lowest BCUT2D eigenvalue weighted by molar-refractivity contribution is 0.475. The summed E-state index contributed by atoms with van der Waals surface area (Å²) in [5, 5.41) is 21.0. The number of halogens is 1. The van der Waals surface area contributed by atoms with Crippen molar-refractivity contribution < 1.29 is 5.11 Å². The van der Waals surface area contributed by atoms with E-state index in [0.717, 1.165) is 22.2 Å². The van der Waals surface area contributed by atoms with Crippen LogP contribution >= 0.6 is 11.6 Å². The Balaban J connectivity index is 1.75. The highest BCUT2D eigenvalue weighted by molar-refractivity contribution is 6.32. The summed E-state index contributed by atoms with van der Waals surface area (Å²) in [6.45, 7) is 0.642. The number of nitrogens with one attached hydrogen (secondary N) is 2. The lowest BCUT2D eigenvalue weighted by atomic mass is 10.2. The van der Waals surface area contributed by atoms with E-state index in [1.54, 1.807) is 18.3 Å². The molecule has 0 saturated carbocycles. The number of aromatic amines is 1. The van der Waals surface area contributed by atoms with Gasteiger partial charge in [0.15, 0.2) is 0 Å². The van der Waals surface area contributed by atoms with Crippen molar-refractivity contribution in [1.29, 1.82) is 0 Å². The second-order valence-corrected chi connectivity index (χ2v) is 4.72. The topological polar surface area (TPSA) is 60.9 Å². The summed E-state index contributed by atoms with van der Waals surface area (Å²) in [7, 11) is 0. The Kier molecular flexibility index (Phi) is 3.01. The Morgan fingerprint density at radius 2 is 2.11 bits per heavy atom. The second kappa shape index (κ2) is 4.82. The fourth-order valence-corrected chi connectivity index (χ4v) is 2.12. The van der Waals surface area contributed by atoms with Gasteiger partial charge in [-0.3, -0.25) is 5.10 Å². The summed E-state index contributed by atoms with van der Waals surface area (Å²) >= 11 is 5.87. The molecular weight excluding hydrogens is 262 g/mol. The van der Waals surface area contributed by atoms with Crippen molar-refractivity contribution in [1.82, 2.24) is 10.2 Å². The van der Waals surface area contributed by atoms with Crippen molar-refractivity contribution in [2.75, 3.05) is 5.32 Å². The first-order chi connectivity index (χ1) is 9.22. The van der Waals surface area contributed by atoms with Crippen molar-refractivity contribution in [2.45, 2.75) is 6.54 Å². The van der Waals surface area contributed by atoms with E-state index < -0.39 is 0 Å². The van der Waals surface area contributed by atoms with Crippen LogP contribution in [0.4, 0.5) is 5.69 Å². The monoisotopic (exact) mass is 273 g/mol. The SMILES string of the molecule is Oc1ccc(CNc2ccc3[nH]ncc3c2)cc1Cl. The summed E-state index contributed by atoms with van der Waals surface area (Å²) in [6, 6.07) is 11.2. The maximum Gasteiger partial charge on any atom is 0.134 e. The van der Waals surface area contributed by atoms with E-state index in [1.807, 2.05) is 24.3 Å². The molecule has 19 heavy (non-hydrogen) atoms. The number of H-pyrrole nitrogens is 1. The highest BCUT2D eigenvalue weighted by Crippen LogP contribution is 2.24. The molecule has 3 rings (SSSR count). The number of aromatic nitrogens is 2. The molecule has 1 heterocycles. The number of nitrogens with zero attached hydrogens (tertiary/aromatic N) is 1. The zero-order chi connectivity index (χ0) is 13.2. The third-order valence-corrected chi connectivity index (χ3v) is 3.25. The second-order valence-electron chi connectivity index (χ2n) is 4.31. The fraction of sp³-hybridized carbons (Fsp3) is 0.0714. The molecule has 0 unspecified atom stereocenters. The molecule has 0 fully saturated rings. The highest BCUT2D eigenvalue weighted by atomic mass is 35.5. The highest BCUT2D eigenvalue weighted by Gasteiger charge is 2.01. The van der Waals surface area contributed by atoms with Crippen LogP contribution in [-0.2, 0) is 6.54 Å². The largest absolute Gasteiger partial charge is 0.506 e. The van der Waals surface area contributed by atoms with Crippen molar-refractivity contribution in [3.05, 3.63) is 53.2 Å². The van der Waals surface area contributed by atoms with E-state index in [4.69, 9.17) is 11.6 Å². The van der Waals surface area contributed by atoms with Crippen LogP contribution in [0.3, 0.4) is 0 Å². The van der Waals surface area contributed by atoms with Crippen molar-refractivity contribution >= 4 is 28.2 Å². The first-order valence-electron chi connectivity index (χ1n) is 5.87. The summed E-state index contributed by atoms with van der Waals surface area (Å²) < 4.78 is 0. The molecule has 3 aromatic rings. The van der Waals surface area contributed by atoms with Gasteiger partial charge in [-0.2, -0.15) is 5.10 Å². The lowest BCUT2D eigenvalue weighted by Crippen LogP contribution is -1.98. The van der Waals surface area contributed by atoms with Crippen LogP contribution in [0.2, 0.25) is 5.02 Å². The molecule has 0 bridgehead atoms. The molecule has 4 nitrogen and oxygen atoms in total. The molecule has 0 amide bonds. The lowest BCUT2D eigenvalue weighted by Gasteiger charge is -2.07. The first kappa shape index (κ1) is 11.9. The number of benzene rings is 2. The smallest absolute Gasteiger partial charge is 0.134 e. The Morgan fingerprint density at radius 1 is 1.21 bits per heavy atom. The van der Waals surface area contributed by atoms with Gasteiger partial charge in [0.25, 0.3) is 0 Å². The van der Waals surface area contributed by atoms with Gasteiger partial charge in [0.1, 0.15) is 5.75 Å². The van der Waals surface area contributed by atoms with Crippen LogP contribution in [-0.4, -0.2) is 15.3 Å². The molecule has 0 radical (unpaired) electrons. The average Bonchev–Trinajstić information content (AvgIpc) is 2.87. The third kappa shape index (κ3) is 2.48. The molecule has 0 aliphatic rings. The third-order valence-electron chi connectivity index (χ3n) is 2.95. The molecule has 0 aliphatic heterocycles. The minimum absolute atomic E-state index is 0.102. The van der Waals surface area contributed by atoms with Gasteiger partial charge in [0.05, 0.1) is 16.7 Å². The molecule has 0 atom stereocenters. The Labute approximate surface area is 115 Å². The van der Waals surface area contributed by atoms with E-state index in [-0.39, 0.29) is 5.75 Å². The molecule has 0 saturated heterocycles. The standard InChI is InChI=1S/C14H12ClN3O/c15-12-5-9(1-4-14(12)19)7-16-11-2-3-13-10(6-11)8-17-18-13/h1-6,8,16,19H,7H2,(H,17,18). The van der Waals surface area contributed by atoms with Crippen molar-refractivity contribution in [3.63, 3.8) is 0 Å².